The first-order valence-electron chi connectivity index (χ1n) is 5.61. The number of piperidine rings is 1. The molecule has 0 N–H and O–H groups in total. The Hall–Kier alpha value is -1.56. The molecule has 1 heterocycles. The molecule has 0 radical (unpaired) electrons. The molecule has 0 aromatic rings. The SMILES string of the molecule is C=CCCC1(C#N)CCN(C(=O)C=C)CC1. The summed E-state index contributed by atoms with van der Waals surface area (Å²) in [6.45, 7) is 8.48. The van der Waals surface area contributed by atoms with Crippen LogP contribution in [0.3, 0.4) is 0 Å². The summed E-state index contributed by atoms with van der Waals surface area (Å²) in [6, 6.07) is 2.42. The Bertz CT molecular complexity index is 319. The van der Waals surface area contributed by atoms with Crippen LogP contribution in [0.4, 0.5) is 0 Å². The number of nitrogens with zero attached hydrogens (tertiary/aromatic N) is 2. The van der Waals surface area contributed by atoms with Gasteiger partial charge in [-0.15, -0.1) is 6.58 Å². The molecule has 1 aliphatic rings. The third-order valence-corrected chi connectivity index (χ3v) is 3.27. The molecular formula is C13H18N2O. The molecule has 86 valence electrons. The van der Waals surface area contributed by atoms with Crippen LogP contribution in [0, 0.1) is 16.7 Å². The molecule has 1 amide bonds. The standard InChI is InChI=1S/C13H18N2O/c1-3-5-6-13(11-14)7-9-15(10-8-13)12(16)4-2/h3-4H,1-2,5-10H2. The number of carbonyl (C=O) groups is 1. The van der Waals surface area contributed by atoms with Gasteiger partial charge in [0.2, 0.25) is 5.91 Å². The van der Waals surface area contributed by atoms with E-state index in [1.807, 2.05) is 6.08 Å². The van der Waals surface area contributed by atoms with Crippen molar-refractivity contribution in [3.05, 3.63) is 25.3 Å². The number of nitriles is 1. The number of amides is 1. The van der Waals surface area contributed by atoms with Gasteiger partial charge in [0.15, 0.2) is 0 Å². The molecule has 0 unspecified atom stereocenters. The van der Waals surface area contributed by atoms with E-state index in [4.69, 9.17) is 0 Å². The van der Waals surface area contributed by atoms with Crippen LogP contribution in [0.2, 0.25) is 0 Å². The van der Waals surface area contributed by atoms with E-state index in [0.717, 1.165) is 25.7 Å². The van der Waals surface area contributed by atoms with Gasteiger partial charge in [-0.2, -0.15) is 5.26 Å². The van der Waals surface area contributed by atoms with E-state index in [2.05, 4.69) is 19.2 Å². The Morgan fingerprint density at radius 2 is 2.06 bits per heavy atom. The summed E-state index contributed by atoms with van der Waals surface area (Å²) in [5.41, 5.74) is -0.258. The quantitative estimate of drug-likeness (QED) is 0.536. The minimum absolute atomic E-state index is 0.0322. The Labute approximate surface area is 97.0 Å². The van der Waals surface area contributed by atoms with Gasteiger partial charge in [0, 0.05) is 13.1 Å². The number of allylic oxidation sites excluding steroid dienone is 1. The summed E-state index contributed by atoms with van der Waals surface area (Å²) in [7, 11) is 0. The molecule has 1 aliphatic heterocycles. The molecule has 0 aromatic heterocycles. The predicted octanol–water partition coefficient (Wildman–Crippen LogP) is 2.27. The number of likely N-dealkylation sites (tertiary alicyclic amines) is 1. The van der Waals surface area contributed by atoms with Gasteiger partial charge in [-0.1, -0.05) is 12.7 Å². The highest BCUT2D eigenvalue weighted by molar-refractivity contribution is 5.87. The van der Waals surface area contributed by atoms with E-state index in [1.165, 1.54) is 6.08 Å². The molecule has 0 aromatic carbocycles. The van der Waals surface area contributed by atoms with Gasteiger partial charge in [0.05, 0.1) is 11.5 Å². The highest BCUT2D eigenvalue weighted by atomic mass is 16.2. The van der Waals surface area contributed by atoms with Crippen LogP contribution in [-0.4, -0.2) is 23.9 Å². The molecule has 3 heteroatoms. The van der Waals surface area contributed by atoms with Crippen molar-refractivity contribution in [3.8, 4) is 6.07 Å². The normalized spacial score (nSPS) is 18.6. The lowest BCUT2D eigenvalue weighted by molar-refractivity contribution is -0.127. The molecule has 0 bridgehead atoms. The fourth-order valence-electron chi connectivity index (χ4n) is 2.08. The van der Waals surface area contributed by atoms with Gasteiger partial charge in [-0.05, 0) is 31.8 Å². The highest BCUT2D eigenvalue weighted by Gasteiger charge is 2.34. The van der Waals surface area contributed by atoms with Gasteiger partial charge in [-0.25, -0.2) is 0 Å². The number of carbonyl (C=O) groups excluding carboxylic acids is 1. The second kappa shape index (κ2) is 5.50. The van der Waals surface area contributed by atoms with Gasteiger partial charge in [0.25, 0.3) is 0 Å². The van der Waals surface area contributed by atoms with Crippen LogP contribution in [0.1, 0.15) is 25.7 Å². The maximum Gasteiger partial charge on any atom is 0.245 e. The van der Waals surface area contributed by atoms with Crippen molar-refractivity contribution in [2.24, 2.45) is 5.41 Å². The van der Waals surface area contributed by atoms with Crippen molar-refractivity contribution in [1.29, 1.82) is 5.26 Å². The first-order chi connectivity index (χ1) is 7.67. The summed E-state index contributed by atoms with van der Waals surface area (Å²) >= 11 is 0. The smallest absolute Gasteiger partial charge is 0.245 e. The fraction of sp³-hybridized carbons (Fsp3) is 0.538. The first kappa shape index (κ1) is 12.5. The monoisotopic (exact) mass is 218 g/mol. The van der Waals surface area contributed by atoms with Crippen LogP contribution in [0.5, 0.6) is 0 Å². The second-order valence-electron chi connectivity index (χ2n) is 4.25. The number of rotatable bonds is 4. The maximum absolute atomic E-state index is 11.4. The van der Waals surface area contributed by atoms with Crippen LogP contribution in [0.15, 0.2) is 25.3 Å². The molecule has 1 rings (SSSR count). The maximum atomic E-state index is 11.4. The third kappa shape index (κ3) is 2.73. The Morgan fingerprint density at radius 1 is 1.44 bits per heavy atom. The van der Waals surface area contributed by atoms with Crippen molar-refractivity contribution in [2.75, 3.05) is 13.1 Å². The molecule has 0 aliphatic carbocycles. The lowest BCUT2D eigenvalue weighted by Gasteiger charge is -2.36. The first-order valence-corrected chi connectivity index (χ1v) is 5.61. The number of hydrogen-bond donors (Lipinski definition) is 0. The van der Waals surface area contributed by atoms with E-state index < -0.39 is 0 Å². The lowest BCUT2D eigenvalue weighted by Crippen LogP contribution is -2.42. The Kier molecular flexibility index (Phi) is 4.30. The zero-order chi connectivity index (χ0) is 12.0. The van der Waals surface area contributed by atoms with Crippen LogP contribution >= 0.6 is 0 Å². The predicted molar refractivity (Wildman–Crippen MR) is 63.5 cm³/mol. The minimum atomic E-state index is -0.258. The van der Waals surface area contributed by atoms with E-state index in [9.17, 15) is 10.1 Å². The van der Waals surface area contributed by atoms with Crippen molar-refractivity contribution in [1.82, 2.24) is 4.90 Å². The average molecular weight is 218 g/mol. The fourth-order valence-corrected chi connectivity index (χ4v) is 2.08. The topological polar surface area (TPSA) is 44.1 Å². The van der Waals surface area contributed by atoms with Crippen molar-refractivity contribution in [3.63, 3.8) is 0 Å². The van der Waals surface area contributed by atoms with Gasteiger partial charge < -0.3 is 4.90 Å². The Morgan fingerprint density at radius 3 is 2.50 bits per heavy atom. The Balaban J connectivity index is 2.57. The minimum Gasteiger partial charge on any atom is -0.339 e. The molecular weight excluding hydrogens is 200 g/mol. The summed E-state index contributed by atoms with van der Waals surface area (Å²) < 4.78 is 0. The molecule has 3 nitrogen and oxygen atoms in total. The van der Waals surface area contributed by atoms with Gasteiger partial charge in [0.1, 0.15) is 0 Å². The average Bonchev–Trinajstić information content (AvgIpc) is 2.36. The van der Waals surface area contributed by atoms with E-state index >= 15 is 0 Å². The highest BCUT2D eigenvalue weighted by Crippen LogP contribution is 2.35. The zero-order valence-electron chi connectivity index (χ0n) is 9.61. The molecule has 0 spiro atoms. The molecule has 1 fully saturated rings. The zero-order valence-corrected chi connectivity index (χ0v) is 9.61. The van der Waals surface area contributed by atoms with Crippen LogP contribution in [0.25, 0.3) is 0 Å². The lowest BCUT2D eigenvalue weighted by atomic mass is 9.76. The van der Waals surface area contributed by atoms with Crippen molar-refractivity contribution in [2.45, 2.75) is 25.7 Å². The molecule has 0 saturated carbocycles. The molecule has 0 atom stereocenters. The second-order valence-corrected chi connectivity index (χ2v) is 4.25. The summed E-state index contributed by atoms with van der Waals surface area (Å²) in [5, 5.41) is 9.24. The third-order valence-electron chi connectivity index (χ3n) is 3.27. The largest absolute Gasteiger partial charge is 0.339 e. The van der Waals surface area contributed by atoms with E-state index in [0.29, 0.717) is 13.1 Å². The summed E-state index contributed by atoms with van der Waals surface area (Å²) in [4.78, 5) is 13.1. The van der Waals surface area contributed by atoms with Crippen LogP contribution < -0.4 is 0 Å². The number of hydrogen-bond acceptors (Lipinski definition) is 2. The van der Waals surface area contributed by atoms with Gasteiger partial charge >= 0.3 is 0 Å². The summed E-state index contributed by atoms with van der Waals surface area (Å²) in [6.07, 6.45) is 6.42. The molecule has 16 heavy (non-hydrogen) atoms. The molecule has 1 saturated heterocycles. The van der Waals surface area contributed by atoms with E-state index in [-0.39, 0.29) is 11.3 Å². The summed E-state index contributed by atoms with van der Waals surface area (Å²) in [5.74, 6) is -0.0322. The van der Waals surface area contributed by atoms with Gasteiger partial charge in [-0.3, -0.25) is 4.79 Å². The van der Waals surface area contributed by atoms with Crippen molar-refractivity contribution < 1.29 is 4.79 Å². The van der Waals surface area contributed by atoms with Crippen LogP contribution in [-0.2, 0) is 4.79 Å². The van der Waals surface area contributed by atoms with E-state index in [1.54, 1.807) is 4.90 Å². The van der Waals surface area contributed by atoms with Crippen molar-refractivity contribution >= 4 is 5.91 Å².